The first kappa shape index (κ1) is 12.1. The Morgan fingerprint density at radius 2 is 2.11 bits per heavy atom. The molecule has 2 aromatic rings. The topological polar surface area (TPSA) is 17.1 Å². The third-order valence-electron chi connectivity index (χ3n) is 3.44. The smallest absolute Gasteiger partial charge is 0.177 e. The molecule has 0 saturated heterocycles. The average molecular weight is 276 g/mol. The summed E-state index contributed by atoms with van der Waals surface area (Å²) in [5.41, 5.74) is 1.44. The summed E-state index contributed by atoms with van der Waals surface area (Å²) in [6, 6.07) is 6.21. The molecule has 1 aliphatic carbocycles. The summed E-state index contributed by atoms with van der Waals surface area (Å²) in [5.74, 6) is 0.288. The molecule has 0 aliphatic heterocycles. The molecule has 2 aromatic heterocycles. The number of hydrogen-bond donors (Lipinski definition) is 0. The average Bonchev–Trinajstić information content (AvgIpc) is 2.95. The lowest BCUT2D eigenvalue weighted by atomic mass is 10.1. The van der Waals surface area contributed by atoms with E-state index in [1.165, 1.54) is 41.0 Å². The fourth-order valence-corrected chi connectivity index (χ4v) is 4.36. The van der Waals surface area contributed by atoms with Crippen molar-refractivity contribution in [2.75, 3.05) is 0 Å². The predicted molar refractivity (Wildman–Crippen MR) is 77.9 cm³/mol. The maximum absolute atomic E-state index is 12.2. The lowest BCUT2D eigenvalue weighted by molar-refractivity contribution is 0.0997. The normalized spacial score (nSPS) is 15.1. The van der Waals surface area contributed by atoms with Crippen molar-refractivity contribution < 1.29 is 4.79 Å². The van der Waals surface area contributed by atoms with Gasteiger partial charge < -0.3 is 0 Å². The maximum atomic E-state index is 12.2. The van der Waals surface area contributed by atoms with Crippen molar-refractivity contribution >= 4 is 28.5 Å². The van der Waals surface area contributed by atoms with Crippen LogP contribution in [0.5, 0.6) is 0 Å². The van der Waals surface area contributed by atoms with Gasteiger partial charge >= 0.3 is 0 Å². The zero-order valence-corrected chi connectivity index (χ0v) is 11.9. The van der Waals surface area contributed by atoms with E-state index in [1.54, 1.807) is 22.7 Å². The second kappa shape index (κ2) is 5.37. The van der Waals surface area contributed by atoms with Gasteiger partial charge in [0.15, 0.2) is 5.78 Å². The van der Waals surface area contributed by atoms with Crippen LogP contribution in [0.1, 0.15) is 44.3 Å². The molecule has 0 atom stereocenters. The highest BCUT2D eigenvalue weighted by atomic mass is 32.1. The minimum atomic E-state index is 0.288. The molecule has 0 aromatic carbocycles. The molecule has 0 unspecified atom stereocenters. The molecule has 0 fully saturated rings. The van der Waals surface area contributed by atoms with Gasteiger partial charge in [-0.15, -0.1) is 22.7 Å². The van der Waals surface area contributed by atoms with Gasteiger partial charge in [0.25, 0.3) is 0 Å². The van der Waals surface area contributed by atoms with Crippen molar-refractivity contribution in [1.82, 2.24) is 0 Å². The van der Waals surface area contributed by atoms with Crippen LogP contribution in [-0.2, 0) is 19.3 Å². The number of Topliss-reactive ketones (excluding diaryl/α,β-unsaturated/α-hetero) is 1. The first-order valence-electron chi connectivity index (χ1n) is 6.50. The molecule has 2 heterocycles. The maximum Gasteiger partial charge on any atom is 0.177 e. The molecule has 0 N–H and O–H groups in total. The largest absolute Gasteiger partial charge is 0.293 e. The lowest BCUT2D eigenvalue weighted by Crippen LogP contribution is -1.99. The molecule has 3 heteroatoms. The van der Waals surface area contributed by atoms with Crippen LogP contribution in [0, 0.1) is 0 Å². The molecule has 0 spiro atoms. The Morgan fingerprint density at radius 3 is 2.94 bits per heavy atom. The van der Waals surface area contributed by atoms with Crippen LogP contribution in [0.2, 0.25) is 0 Å². The minimum Gasteiger partial charge on any atom is -0.293 e. The van der Waals surface area contributed by atoms with E-state index in [0.29, 0.717) is 6.42 Å². The van der Waals surface area contributed by atoms with Gasteiger partial charge in [-0.05, 0) is 48.8 Å². The monoisotopic (exact) mass is 276 g/mol. The highest BCUT2D eigenvalue weighted by molar-refractivity contribution is 7.14. The summed E-state index contributed by atoms with van der Waals surface area (Å²) in [4.78, 5) is 15.8. The Balaban J connectivity index is 1.78. The first-order chi connectivity index (χ1) is 8.83. The van der Waals surface area contributed by atoms with E-state index >= 15 is 0 Å². The van der Waals surface area contributed by atoms with Crippen molar-refractivity contribution in [3.63, 3.8) is 0 Å². The zero-order valence-electron chi connectivity index (χ0n) is 10.3. The summed E-state index contributed by atoms with van der Waals surface area (Å²) >= 11 is 3.40. The van der Waals surface area contributed by atoms with Gasteiger partial charge in [0.05, 0.1) is 4.88 Å². The van der Waals surface area contributed by atoms with Crippen LogP contribution in [0.3, 0.4) is 0 Å². The van der Waals surface area contributed by atoms with Crippen molar-refractivity contribution in [1.29, 1.82) is 0 Å². The van der Waals surface area contributed by atoms with Gasteiger partial charge in [0.1, 0.15) is 0 Å². The molecule has 1 nitrogen and oxygen atoms in total. The highest BCUT2D eigenvalue weighted by Gasteiger charge is 2.16. The van der Waals surface area contributed by atoms with Gasteiger partial charge in [-0.3, -0.25) is 4.79 Å². The van der Waals surface area contributed by atoms with Crippen LogP contribution >= 0.6 is 22.7 Å². The number of aryl methyl sites for hydroxylation is 2. The van der Waals surface area contributed by atoms with Crippen molar-refractivity contribution in [2.45, 2.75) is 38.5 Å². The van der Waals surface area contributed by atoms with E-state index in [0.717, 1.165) is 11.3 Å². The van der Waals surface area contributed by atoms with Crippen molar-refractivity contribution in [3.8, 4) is 0 Å². The van der Waals surface area contributed by atoms with Gasteiger partial charge in [0, 0.05) is 16.2 Å². The Hall–Kier alpha value is -0.930. The van der Waals surface area contributed by atoms with Gasteiger partial charge in [-0.25, -0.2) is 0 Å². The van der Waals surface area contributed by atoms with E-state index in [4.69, 9.17) is 0 Å². The predicted octanol–water partition coefficient (Wildman–Crippen LogP) is 4.50. The number of carbonyl (C=O) groups is 1. The van der Waals surface area contributed by atoms with E-state index in [-0.39, 0.29) is 5.78 Å². The highest BCUT2D eigenvalue weighted by Crippen LogP contribution is 2.30. The molecule has 0 saturated carbocycles. The Bertz CT molecular complexity index is 513. The first-order valence-corrected chi connectivity index (χ1v) is 8.20. The molecule has 18 heavy (non-hydrogen) atoms. The van der Waals surface area contributed by atoms with E-state index in [9.17, 15) is 4.79 Å². The third kappa shape index (κ3) is 2.57. The van der Waals surface area contributed by atoms with Gasteiger partial charge in [0.2, 0.25) is 0 Å². The molecular weight excluding hydrogens is 260 g/mol. The van der Waals surface area contributed by atoms with Gasteiger partial charge in [-0.2, -0.15) is 0 Å². The Kier molecular flexibility index (Phi) is 3.62. The van der Waals surface area contributed by atoms with Crippen LogP contribution in [-0.4, -0.2) is 5.78 Å². The van der Waals surface area contributed by atoms with Crippen molar-refractivity contribution in [3.05, 3.63) is 43.8 Å². The Labute approximate surface area is 115 Å². The van der Waals surface area contributed by atoms with Crippen LogP contribution in [0.4, 0.5) is 0 Å². The quantitative estimate of drug-likeness (QED) is 0.595. The summed E-state index contributed by atoms with van der Waals surface area (Å²) in [5, 5.41) is 2.03. The summed E-state index contributed by atoms with van der Waals surface area (Å²) in [6.45, 7) is 0. The summed E-state index contributed by atoms with van der Waals surface area (Å²) in [7, 11) is 0. The molecule has 1 aliphatic rings. The fraction of sp³-hybridized carbons (Fsp3) is 0.400. The second-order valence-corrected chi connectivity index (χ2v) is 6.97. The van der Waals surface area contributed by atoms with E-state index in [1.807, 2.05) is 17.5 Å². The molecular formula is C15H16OS2. The van der Waals surface area contributed by atoms with Crippen LogP contribution in [0.15, 0.2) is 23.6 Å². The number of thiophene rings is 2. The fourth-order valence-electron chi connectivity index (χ4n) is 2.46. The molecule has 3 rings (SSSR count). The van der Waals surface area contributed by atoms with E-state index in [2.05, 4.69) is 6.07 Å². The van der Waals surface area contributed by atoms with Crippen LogP contribution < -0.4 is 0 Å². The van der Waals surface area contributed by atoms with E-state index < -0.39 is 0 Å². The SMILES string of the molecule is O=C(Cc1cccs1)c1cc2c(s1)CCCCC2. The number of ketones is 1. The second-order valence-electron chi connectivity index (χ2n) is 4.80. The van der Waals surface area contributed by atoms with Gasteiger partial charge in [-0.1, -0.05) is 12.5 Å². The standard InChI is InChI=1S/C15H16OS2/c16-13(10-12-6-4-8-17-12)15-9-11-5-2-1-3-7-14(11)18-15/h4,6,8-9H,1-3,5,7,10H2. The summed E-state index contributed by atoms with van der Waals surface area (Å²) < 4.78 is 0. The number of hydrogen-bond acceptors (Lipinski definition) is 3. The third-order valence-corrected chi connectivity index (χ3v) is 5.59. The summed E-state index contributed by atoms with van der Waals surface area (Å²) in [6.07, 6.45) is 6.80. The molecule has 0 bridgehead atoms. The minimum absolute atomic E-state index is 0.288. The zero-order chi connectivity index (χ0) is 12.4. The lowest BCUT2D eigenvalue weighted by Gasteiger charge is -1.95. The van der Waals surface area contributed by atoms with Crippen LogP contribution in [0.25, 0.3) is 0 Å². The molecule has 0 amide bonds. The molecule has 0 radical (unpaired) electrons. The molecule has 94 valence electrons. The number of carbonyl (C=O) groups excluding carboxylic acids is 1. The number of fused-ring (bicyclic) bond motifs is 1. The van der Waals surface area contributed by atoms with Crippen molar-refractivity contribution in [2.24, 2.45) is 0 Å². The Morgan fingerprint density at radius 1 is 1.22 bits per heavy atom. The number of rotatable bonds is 3.